The summed E-state index contributed by atoms with van der Waals surface area (Å²) < 4.78 is 1.85. The third kappa shape index (κ3) is 1.57. The molecule has 0 bridgehead atoms. The summed E-state index contributed by atoms with van der Waals surface area (Å²) in [6, 6.07) is 0. The third-order valence-electron chi connectivity index (χ3n) is 2.60. The molecule has 0 spiro atoms. The Bertz CT molecular complexity index is 238. The lowest BCUT2D eigenvalue weighted by Crippen LogP contribution is -2.67. The van der Waals surface area contributed by atoms with Crippen LogP contribution in [0.3, 0.4) is 0 Å². The predicted octanol–water partition coefficient (Wildman–Crippen LogP) is 1.16. The van der Waals surface area contributed by atoms with Crippen LogP contribution in [0.15, 0.2) is 0 Å². The molecule has 1 fully saturated rings. The summed E-state index contributed by atoms with van der Waals surface area (Å²) >= 11 is 4.41. The standard InChI is InChI=1S/C9H18N2OS/c1-8(2)6-10(5)7(12)9(3,4)11(8)13/h13H,6H2,1-5H3. The van der Waals surface area contributed by atoms with Crippen molar-refractivity contribution in [1.29, 1.82) is 0 Å². The monoisotopic (exact) mass is 202 g/mol. The van der Waals surface area contributed by atoms with Crippen LogP contribution in [0.1, 0.15) is 27.7 Å². The van der Waals surface area contributed by atoms with Gasteiger partial charge in [0.15, 0.2) is 0 Å². The second-order valence-corrected chi connectivity index (χ2v) is 5.24. The van der Waals surface area contributed by atoms with Crippen LogP contribution in [0.25, 0.3) is 0 Å². The quantitative estimate of drug-likeness (QED) is 0.596. The van der Waals surface area contributed by atoms with E-state index in [9.17, 15) is 4.79 Å². The first-order valence-corrected chi connectivity index (χ1v) is 4.84. The van der Waals surface area contributed by atoms with Gasteiger partial charge in [-0.1, -0.05) is 12.8 Å². The van der Waals surface area contributed by atoms with E-state index in [1.54, 1.807) is 4.90 Å². The Morgan fingerprint density at radius 1 is 1.31 bits per heavy atom. The smallest absolute Gasteiger partial charge is 0.243 e. The van der Waals surface area contributed by atoms with E-state index in [1.807, 2.05) is 25.2 Å². The summed E-state index contributed by atoms with van der Waals surface area (Å²) in [4.78, 5) is 13.6. The van der Waals surface area contributed by atoms with E-state index in [0.717, 1.165) is 6.54 Å². The minimum atomic E-state index is -0.514. The molecule has 1 heterocycles. The Morgan fingerprint density at radius 2 is 1.77 bits per heavy atom. The number of piperazine rings is 1. The topological polar surface area (TPSA) is 23.6 Å². The molecule has 1 amide bonds. The number of rotatable bonds is 0. The van der Waals surface area contributed by atoms with Gasteiger partial charge in [0.25, 0.3) is 0 Å². The van der Waals surface area contributed by atoms with Gasteiger partial charge < -0.3 is 4.90 Å². The van der Waals surface area contributed by atoms with Crippen molar-refractivity contribution in [2.24, 2.45) is 0 Å². The van der Waals surface area contributed by atoms with Gasteiger partial charge in [-0.25, -0.2) is 4.31 Å². The number of carbonyl (C=O) groups is 1. The molecule has 0 saturated carbocycles. The summed E-state index contributed by atoms with van der Waals surface area (Å²) in [6.45, 7) is 8.70. The fraction of sp³-hybridized carbons (Fsp3) is 0.889. The maximum Gasteiger partial charge on any atom is 0.243 e. The molecule has 0 aliphatic carbocycles. The van der Waals surface area contributed by atoms with Crippen molar-refractivity contribution >= 4 is 18.7 Å². The van der Waals surface area contributed by atoms with Gasteiger partial charge in [-0.3, -0.25) is 4.79 Å². The number of amides is 1. The second-order valence-electron chi connectivity index (χ2n) is 4.84. The van der Waals surface area contributed by atoms with E-state index >= 15 is 0 Å². The number of hydrogen-bond acceptors (Lipinski definition) is 3. The third-order valence-corrected chi connectivity index (χ3v) is 3.64. The molecule has 4 heteroatoms. The van der Waals surface area contributed by atoms with E-state index in [1.165, 1.54) is 0 Å². The van der Waals surface area contributed by atoms with Gasteiger partial charge in [-0.15, -0.1) is 0 Å². The molecule has 1 saturated heterocycles. The van der Waals surface area contributed by atoms with Crippen LogP contribution in [-0.4, -0.2) is 39.8 Å². The van der Waals surface area contributed by atoms with Crippen molar-refractivity contribution in [3.63, 3.8) is 0 Å². The molecule has 0 aromatic rings. The summed E-state index contributed by atoms with van der Waals surface area (Å²) in [5.74, 6) is 0.127. The first kappa shape index (κ1) is 10.9. The number of likely N-dealkylation sites (N-methyl/N-ethyl adjacent to an activating group) is 1. The van der Waals surface area contributed by atoms with Gasteiger partial charge in [0, 0.05) is 19.1 Å². The summed E-state index contributed by atoms with van der Waals surface area (Å²) in [5.41, 5.74) is -0.588. The van der Waals surface area contributed by atoms with Crippen LogP contribution in [0.2, 0.25) is 0 Å². The molecular formula is C9H18N2OS. The highest BCUT2D eigenvalue weighted by atomic mass is 32.1. The van der Waals surface area contributed by atoms with Gasteiger partial charge in [-0.05, 0) is 27.7 Å². The van der Waals surface area contributed by atoms with Crippen molar-refractivity contribution in [3.05, 3.63) is 0 Å². The van der Waals surface area contributed by atoms with E-state index in [2.05, 4.69) is 26.7 Å². The Balaban J connectivity index is 3.03. The van der Waals surface area contributed by atoms with Crippen LogP contribution in [-0.2, 0) is 4.79 Å². The van der Waals surface area contributed by atoms with Crippen LogP contribution in [0, 0.1) is 0 Å². The van der Waals surface area contributed by atoms with Crippen LogP contribution < -0.4 is 0 Å². The summed E-state index contributed by atoms with van der Waals surface area (Å²) in [5, 5.41) is 0. The maximum atomic E-state index is 11.8. The van der Waals surface area contributed by atoms with Crippen LogP contribution in [0.5, 0.6) is 0 Å². The molecule has 0 aromatic heterocycles. The Kier molecular flexibility index (Phi) is 2.41. The first-order valence-electron chi connectivity index (χ1n) is 4.44. The van der Waals surface area contributed by atoms with Gasteiger partial charge >= 0.3 is 0 Å². The van der Waals surface area contributed by atoms with Gasteiger partial charge in [0.05, 0.1) is 0 Å². The van der Waals surface area contributed by atoms with E-state index in [0.29, 0.717) is 0 Å². The molecule has 1 aliphatic rings. The van der Waals surface area contributed by atoms with Gasteiger partial charge in [0.1, 0.15) is 5.54 Å². The van der Waals surface area contributed by atoms with Gasteiger partial charge in [-0.2, -0.15) is 0 Å². The van der Waals surface area contributed by atoms with Gasteiger partial charge in [0.2, 0.25) is 5.91 Å². The van der Waals surface area contributed by atoms with Crippen LogP contribution in [0.4, 0.5) is 0 Å². The highest BCUT2D eigenvalue weighted by Crippen LogP contribution is 2.33. The van der Waals surface area contributed by atoms with Crippen molar-refractivity contribution in [2.75, 3.05) is 13.6 Å². The Morgan fingerprint density at radius 3 is 2.23 bits per heavy atom. The molecule has 3 nitrogen and oxygen atoms in total. The molecule has 1 aliphatic heterocycles. The number of carbonyl (C=O) groups excluding carboxylic acids is 1. The largest absolute Gasteiger partial charge is 0.342 e. The average molecular weight is 202 g/mol. The normalized spacial score (nSPS) is 27.8. The Labute approximate surface area is 85.6 Å². The molecule has 1 rings (SSSR count). The predicted molar refractivity (Wildman–Crippen MR) is 56.6 cm³/mol. The number of hydrogen-bond donors (Lipinski definition) is 1. The highest BCUT2D eigenvalue weighted by Gasteiger charge is 2.47. The Hall–Kier alpha value is -0.220. The molecule has 0 aromatic carbocycles. The lowest BCUT2D eigenvalue weighted by molar-refractivity contribution is -0.148. The molecule has 0 unspecified atom stereocenters. The fourth-order valence-corrected chi connectivity index (χ4v) is 2.18. The lowest BCUT2D eigenvalue weighted by atomic mass is 9.91. The number of nitrogens with zero attached hydrogens (tertiary/aromatic N) is 2. The van der Waals surface area contributed by atoms with E-state index in [-0.39, 0.29) is 11.4 Å². The summed E-state index contributed by atoms with van der Waals surface area (Å²) in [7, 11) is 1.84. The van der Waals surface area contributed by atoms with Crippen LogP contribution >= 0.6 is 12.8 Å². The minimum Gasteiger partial charge on any atom is -0.342 e. The first-order chi connectivity index (χ1) is 5.69. The molecule has 0 atom stereocenters. The fourth-order valence-electron chi connectivity index (χ4n) is 2.03. The average Bonchev–Trinajstić information content (AvgIpc) is 1.98. The van der Waals surface area contributed by atoms with Crippen molar-refractivity contribution in [3.8, 4) is 0 Å². The minimum absolute atomic E-state index is 0.0741. The van der Waals surface area contributed by atoms with E-state index in [4.69, 9.17) is 0 Å². The van der Waals surface area contributed by atoms with Crippen molar-refractivity contribution < 1.29 is 4.79 Å². The summed E-state index contributed by atoms with van der Waals surface area (Å²) in [6.07, 6.45) is 0. The maximum absolute atomic E-state index is 11.8. The zero-order chi connectivity index (χ0) is 10.4. The lowest BCUT2D eigenvalue weighted by Gasteiger charge is -2.51. The molecule has 0 radical (unpaired) electrons. The highest BCUT2D eigenvalue weighted by molar-refractivity contribution is 7.77. The molecule has 13 heavy (non-hydrogen) atoms. The van der Waals surface area contributed by atoms with Crippen molar-refractivity contribution in [2.45, 2.75) is 38.8 Å². The molecule has 0 N–H and O–H groups in total. The molecule has 76 valence electrons. The van der Waals surface area contributed by atoms with E-state index < -0.39 is 5.54 Å². The second kappa shape index (κ2) is 2.89. The zero-order valence-electron chi connectivity index (χ0n) is 8.96. The molecular weight excluding hydrogens is 184 g/mol. The number of thiol groups is 1. The zero-order valence-corrected chi connectivity index (χ0v) is 9.85. The van der Waals surface area contributed by atoms with Crippen molar-refractivity contribution in [1.82, 2.24) is 9.21 Å². The SMILES string of the molecule is CN1CC(C)(C)N(S)C(C)(C)C1=O.